The van der Waals surface area contributed by atoms with E-state index >= 15 is 0 Å². The monoisotopic (exact) mass is 281 g/mol. The summed E-state index contributed by atoms with van der Waals surface area (Å²) in [7, 11) is 0. The van der Waals surface area contributed by atoms with E-state index in [9.17, 15) is 18.0 Å². The average Bonchev–Trinajstić information content (AvgIpc) is 2.39. The van der Waals surface area contributed by atoms with Crippen molar-refractivity contribution in [3.8, 4) is 0 Å². The predicted molar refractivity (Wildman–Crippen MR) is 68.3 cm³/mol. The second-order valence-electron chi connectivity index (χ2n) is 3.90. The van der Waals surface area contributed by atoms with Crippen LogP contribution >= 0.6 is 0 Å². The van der Waals surface area contributed by atoms with Gasteiger partial charge in [-0.15, -0.1) is 0 Å². The fourth-order valence-electron chi connectivity index (χ4n) is 1.47. The molecule has 0 unspecified atom stereocenters. The summed E-state index contributed by atoms with van der Waals surface area (Å²) in [6, 6.07) is 6.90. The van der Waals surface area contributed by atoms with Crippen LogP contribution in [0.1, 0.15) is 5.56 Å². The molecule has 0 radical (unpaired) electrons. The lowest BCUT2D eigenvalue weighted by molar-refractivity contribution is -0.137. The van der Waals surface area contributed by atoms with Crippen LogP contribution in [-0.4, -0.2) is 11.0 Å². The van der Waals surface area contributed by atoms with Crippen LogP contribution in [0.25, 0.3) is 0 Å². The number of urea groups is 1. The number of carbonyl (C=O) groups is 1. The molecule has 1 aromatic heterocycles. The minimum Gasteiger partial charge on any atom is -0.308 e. The van der Waals surface area contributed by atoms with Gasteiger partial charge in [-0.3, -0.25) is 4.98 Å². The molecular weight excluding hydrogens is 271 g/mol. The highest BCUT2D eigenvalue weighted by atomic mass is 19.4. The number of anilines is 2. The van der Waals surface area contributed by atoms with Crippen molar-refractivity contribution < 1.29 is 18.0 Å². The van der Waals surface area contributed by atoms with Crippen molar-refractivity contribution in [1.82, 2.24) is 4.98 Å². The van der Waals surface area contributed by atoms with Gasteiger partial charge in [-0.2, -0.15) is 13.2 Å². The molecule has 20 heavy (non-hydrogen) atoms. The molecule has 4 nitrogen and oxygen atoms in total. The Hall–Kier alpha value is -2.57. The zero-order chi connectivity index (χ0) is 14.6. The highest BCUT2D eigenvalue weighted by Crippen LogP contribution is 2.29. The van der Waals surface area contributed by atoms with Crippen LogP contribution in [0, 0.1) is 0 Å². The summed E-state index contributed by atoms with van der Waals surface area (Å²) in [5.74, 6) is 0. The molecule has 2 aromatic rings. The molecule has 0 aliphatic rings. The maximum atomic E-state index is 12.4. The number of carbonyl (C=O) groups excluding carboxylic acids is 1. The van der Waals surface area contributed by atoms with Crippen LogP contribution in [0.2, 0.25) is 0 Å². The third-order valence-electron chi connectivity index (χ3n) is 2.39. The van der Waals surface area contributed by atoms with E-state index in [1.54, 1.807) is 18.3 Å². The molecule has 1 aromatic carbocycles. The predicted octanol–water partition coefficient (Wildman–Crippen LogP) is 3.74. The quantitative estimate of drug-likeness (QED) is 0.881. The van der Waals surface area contributed by atoms with Crippen LogP contribution in [0.4, 0.5) is 29.3 Å². The van der Waals surface area contributed by atoms with Gasteiger partial charge < -0.3 is 10.6 Å². The van der Waals surface area contributed by atoms with E-state index in [1.165, 1.54) is 18.3 Å². The summed E-state index contributed by atoms with van der Waals surface area (Å²) in [5, 5.41) is 4.92. The standard InChI is InChI=1S/C13H10F3N3O/c14-13(15,16)9-3-5-10(6-4-9)18-12(20)19-11-2-1-7-17-8-11/h1-8H,(H2,18,19,20). The summed E-state index contributed by atoms with van der Waals surface area (Å²) in [6.45, 7) is 0. The number of hydrogen-bond acceptors (Lipinski definition) is 2. The smallest absolute Gasteiger partial charge is 0.308 e. The molecule has 104 valence electrons. The van der Waals surface area contributed by atoms with Crippen molar-refractivity contribution in [2.24, 2.45) is 0 Å². The molecule has 0 saturated carbocycles. The Balaban J connectivity index is 1.98. The second-order valence-corrected chi connectivity index (χ2v) is 3.90. The van der Waals surface area contributed by atoms with Gasteiger partial charge in [0.25, 0.3) is 0 Å². The molecule has 2 rings (SSSR count). The summed E-state index contributed by atoms with van der Waals surface area (Å²) >= 11 is 0. The van der Waals surface area contributed by atoms with E-state index in [0.717, 1.165) is 12.1 Å². The van der Waals surface area contributed by atoms with E-state index in [4.69, 9.17) is 0 Å². The van der Waals surface area contributed by atoms with Gasteiger partial charge in [-0.05, 0) is 36.4 Å². The topological polar surface area (TPSA) is 54.0 Å². The molecule has 0 aliphatic heterocycles. The van der Waals surface area contributed by atoms with Crippen LogP contribution in [0.15, 0.2) is 48.8 Å². The number of hydrogen-bond donors (Lipinski definition) is 2. The van der Waals surface area contributed by atoms with Gasteiger partial charge in [0, 0.05) is 11.9 Å². The first-order valence-electron chi connectivity index (χ1n) is 5.60. The molecular formula is C13H10F3N3O. The first-order valence-corrected chi connectivity index (χ1v) is 5.60. The maximum absolute atomic E-state index is 12.4. The Morgan fingerprint density at radius 1 is 1.00 bits per heavy atom. The highest BCUT2D eigenvalue weighted by Gasteiger charge is 2.29. The number of amides is 2. The van der Waals surface area contributed by atoms with Gasteiger partial charge in [0.05, 0.1) is 17.4 Å². The van der Waals surface area contributed by atoms with Gasteiger partial charge in [-0.1, -0.05) is 0 Å². The summed E-state index contributed by atoms with van der Waals surface area (Å²) in [5.41, 5.74) is -0.0213. The normalized spacial score (nSPS) is 10.9. The van der Waals surface area contributed by atoms with Crippen molar-refractivity contribution in [2.75, 3.05) is 10.6 Å². The molecule has 2 amide bonds. The molecule has 0 spiro atoms. The second kappa shape index (κ2) is 5.60. The third-order valence-corrected chi connectivity index (χ3v) is 2.39. The Labute approximate surface area is 112 Å². The largest absolute Gasteiger partial charge is 0.416 e. The van der Waals surface area contributed by atoms with Gasteiger partial charge in [0.15, 0.2) is 0 Å². The number of pyridine rings is 1. The number of halogens is 3. The van der Waals surface area contributed by atoms with E-state index in [2.05, 4.69) is 15.6 Å². The Morgan fingerprint density at radius 2 is 1.65 bits per heavy atom. The zero-order valence-corrected chi connectivity index (χ0v) is 10.1. The summed E-state index contributed by atoms with van der Waals surface area (Å²) in [6.07, 6.45) is -1.39. The summed E-state index contributed by atoms with van der Waals surface area (Å²) < 4.78 is 37.1. The third kappa shape index (κ3) is 3.71. The lowest BCUT2D eigenvalue weighted by atomic mass is 10.2. The molecule has 0 aliphatic carbocycles. The minimum absolute atomic E-state index is 0.263. The van der Waals surface area contributed by atoms with E-state index in [1.807, 2.05) is 0 Å². The van der Waals surface area contributed by atoms with Crippen molar-refractivity contribution in [3.05, 3.63) is 54.4 Å². The van der Waals surface area contributed by atoms with Gasteiger partial charge in [-0.25, -0.2) is 4.79 Å². The molecule has 0 saturated heterocycles. The molecule has 1 heterocycles. The Bertz CT molecular complexity index is 582. The number of aromatic nitrogens is 1. The van der Waals surface area contributed by atoms with E-state index in [0.29, 0.717) is 5.69 Å². The molecule has 0 fully saturated rings. The number of benzene rings is 1. The van der Waals surface area contributed by atoms with Gasteiger partial charge in [0.1, 0.15) is 0 Å². The number of rotatable bonds is 2. The molecule has 0 atom stereocenters. The number of alkyl halides is 3. The number of nitrogens with zero attached hydrogens (tertiary/aromatic N) is 1. The molecule has 2 N–H and O–H groups in total. The fourth-order valence-corrected chi connectivity index (χ4v) is 1.47. The highest BCUT2D eigenvalue weighted by molar-refractivity contribution is 5.99. The Kier molecular flexibility index (Phi) is 3.88. The van der Waals surface area contributed by atoms with Crippen LogP contribution in [0.5, 0.6) is 0 Å². The molecule has 0 bridgehead atoms. The SMILES string of the molecule is O=C(Nc1ccc(C(F)(F)F)cc1)Nc1cccnc1. The first kappa shape index (κ1) is 13.9. The van der Waals surface area contributed by atoms with E-state index in [-0.39, 0.29) is 5.69 Å². The summed E-state index contributed by atoms with van der Waals surface area (Å²) in [4.78, 5) is 15.4. The zero-order valence-electron chi connectivity index (χ0n) is 10.1. The first-order chi connectivity index (χ1) is 9.45. The van der Waals surface area contributed by atoms with Gasteiger partial charge in [0.2, 0.25) is 0 Å². The van der Waals surface area contributed by atoms with Gasteiger partial charge >= 0.3 is 12.2 Å². The van der Waals surface area contributed by atoms with Crippen molar-refractivity contribution in [1.29, 1.82) is 0 Å². The van der Waals surface area contributed by atoms with Crippen LogP contribution in [-0.2, 0) is 6.18 Å². The van der Waals surface area contributed by atoms with Crippen molar-refractivity contribution >= 4 is 17.4 Å². The van der Waals surface area contributed by atoms with Crippen molar-refractivity contribution in [3.63, 3.8) is 0 Å². The fraction of sp³-hybridized carbons (Fsp3) is 0.0769. The van der Waals surface area contributed by atoms with Crippen LogP contribution < -0.4 is 10.6 Å². The maximum Gasteiger partial charge on any atom is 0.416 e. The van der Waals surface area contributed by atoms with E-state index < -0.39 is 17.8 Å². The lowest BCUT2D eigenvalue weighted by Crippen LogP contribution is -2.19. The molecule has 7 heteroatoms. The Morgan fingerprint density at radius 3 is 2.20 bits per heavy atom. The number of nitrogens with one attached hydrogen (secondary N) is 2. The minimum atomic E-state index is -4.39. The average molecular weight is 281 g/mol. The lowest BCUT2D eigenvalue weighted by Gasteiger charge is -2.09. The van der Waals surface area contributed by atoms with Crippen LogP contribution in [0.3, 0.4) is 0 Å². The van der Waals surface area contributed by atoms with Crippen molar-refractivity contribution in [2.45, 2.75) is 6.18 Å².